The lowest BCUT2D eigenvalue weighted by molar-refractivity contribution is 0.101. The fraction of sp³-hybridized carbons (Fsp3) is 0.105. The van der Waals surface area contributed by atoms with Crippen LogP contribution in [0, 0.1) is 11.6 Å². The molecule has 0 saturated carbocycles. The van der Waals surface area contributed by atoms with E-state index in [-0.39, 0.29) is 17.3 Å². The molecule has 7 nitrogen and oxygen atoms in total. The fourth-order valence-electron chi connectivity index (χ4n) is 2.42. The van der Waals surface area contributed by atoms with Crippen molar-refractivity contribution >= 4 is 11.6 Å². The van der Waals surface area contributed by atoms with Gasteiger partial charge in [-0.25, -0.2) is 13.5 Å². The van der Waals surface area contributed by atoms with Crippen LogP contribution in [0.25, 0.3) is 5.69 Å². The molecular weight excluding hydrogens is 372 g/mol. The third-order valence-electron chi connectivity index (χ3n) is 3.82. The molecule has 0 bridgehead atoms. The lowest BCUT2D eigenvalue weighted by atomic mass is 10.2. The van der Waals surface area contributed by atoms with Gasteiger partial charge in [0.05, 0.1) is 31.7 Å². The Morgan fingerprint density at radius 3 is 2.36 bits per heavy atom. The van der Waals surface area contributed by atoms with Crippen molar-refractivity contribution < 1.29 is 23.0 Å². The molecule has 0 unspecified atom stereocenters. The Bertz CT molecular complexity index is 1080. The number of rotatable bonds is 5. The molecule has 0 saturated heterocycles. The lowest BCUT2D eigenvalue weighted by Crippen LogP contribution is -2.26. The predicted molar refractivity (Wildman–Crippen MR) is 97.2 cm³/mol. The number of ether oxygens (including phenoxy) is 2. The zero-order chi connectivity index (χ0) is 20.3. The normalized spacial score (nSPS) is 10.4. The van der Waals surface area contributed by atoms with Gasteiger partial charge in [0, 0.05) is 6.07 Å². The van der Waals surface area contributed by atoms with Crippen molar-refractivity contribution in [2.24, 2.45) is 0 Å². The van der Waals surface area contributed by atoms with Crippen LogP contribution in [-0.4, -0.2) is 29.9 Å². The Morgan fingerprint density at radius 1 is 1.04 bits per heavy atom. The summed E-state index contributed by atoms with van der Waals surface area (Å²) < 4.78 is 38.4. The summed E-state index contributed by atoms with van der Waals surface area (Å²) in [5.41, 5.74) is -0.985. The molecule has 144 valence electrons. The largest absolute Gasteiger partial charge is 0.497 e. The van der Waals surface area contributed by atoms with Gasteiger partial charge in [-0.2, -0.15) is 5.10 Å². The van der Waals surface area contributed by atoms with Crippen LogP contribution < -0.4 is 20.2 Å². The van der Waals surface area contributed by atoms with Crippen molar-refractivity contribution in [1.29, 1.82) is 0 Å². The van der Waals surface area contributed by atoms with Crippen LogP contribution in [-0.2, 0) is 0 Å². The maximum Gasteiger partial charge on any atom is 0.280 e. The number of halogens is 2. The highest BCUT2D eigenvalue weighted by Crippen LogP contribution is 2.21. The van der Waals surface area contributed by atoms with Crippen LogP contribution in [0.5, 0.6) is 11.6 Å². The molecule has 0 aliphatic rings. The first-order valence-electron chi connectivity index (χ1n) is 8.02. The van der Waals surface area contributed by atoms with E-state index in [1.165, 1.54) is 55.3 Å². The number of hydrogen-bond donors (Lipinski definition) is 1. The molecular formula is C19H15F2N3O4. The van der Waals surface area contributed by atoms with E-state index in [1.807, 2.05) is 0 Å². The number of methoxy groups -OCH3 is 2. The standard InChI is InChI=1S/C19H15F2N3O4/c1-27-13-7-8-15(14(21)9-13)22-19(26)18-16(25)10-17(28-2)24(23-18)12-5-3-11(20)4-6-12/h3-10H,1-2H3,(H,22,26). The first kappa shape index (κ1) is 19.0. The van der Waals surface area contributed by atoms with Crippen LogP contribution in [0.2, 0.25) is 0 Å². The van der Waals surface area contributed by atoms with Gasteiger partial charge in [-0.1, -0.05) is 0 Å². The first-order chi connectivity index (χ1) is 13.4. The number of amides is 1. The van der Waals surface area contributed by atoms with E-state index in [0.29, 0.717) is 5.69 Å². The van der Waals surface area contributed by atoms with E-state index in [9.17, 15) is 18.4 Å². The summed E-state index contributed by atoms with van der Waals surface area (Å²) in [6, 6.07) is 10.1. The topological polar surface area (TPSA) is 82.4 Å². The van der Waals surface area contributed by atoms with Gasteiger partial charge in [-0.3, -0.25) is 9.59 Å². The van der Waals surface area contributed by atoms with E-state index >= 15 is 0 Å². The Hall–Kier alpha value is -3.75. The minimum atomic E-state index is -0.910. The molecule has 28 heavy (non-hydrogen) atoms. The zero-order valence-corrected chi connectivity index (χ0v) is 14.9. The van der Waals surface area contributed by atoms with Gasteiger partial charge in [-0.15, -0.1) is 0 Å². The summed E-state index contributed by atoms with van der Waals surface area (Å²) in [6.07, 6.45) is 0. The first-order valence-corrected chi connectivity index (χ1v) is 8.02. The summed E-state index contributed by atoms with van der Waals surface area (Å²) >= 11 is 0. The summed E-state index contributed by atoms with van der Waals surface area (Å²) in [6.45, 7) is 0. The molecule has 0 fully saturated rings. The Balaban J connectivity index is 1.99. The monoisotopic (exact) mass is 387 g/mol. The van der Waals surface area contributed by atoms with Crippen molar-refractivity contribution in [3.05, 3.63) is 76.1 Å². The second-order valence-corrected chi connectivity index (χ2v) is 5.59. The SMILES string of the molecule is COc1ccc(NC(=O)c2nn(-c3ccc(F)cc3)c(OC)cc2=O)c(F)c1. The highest BCUT2D eigenvalue weighted by atomic mass is 19.1. The number of carbonyl (C=O) groups is 1. The molecule has 1 aromatic heterocycles. The van der Waals surface area contributed by atoms with Gasteiger partial charge in [-0.05, 0) is 36.4 Å². The van der Waals surface area contributed by atoms with Crippen LogP contribution >= 0.6 is 0 Å². The van der Waals surface area contributed by atoms with Crippen molar-refractivity contribution in [1.82, 2.24) is 9.78 Å². The van der Waals surface area contributed by atoms with Crippen LogP contribution in [0.3, 0.4) is 0 Å². The third-order valence-corrected chi connectivity index (χ3v) is 3.82. The van der Waals surface area contributed by atoms with Crippen molar-refractivity contribution in [2.45, 2.75) is 0 Å². The quantitative estimate of drug-likeness (QED) is 0.728. The fourth-order valence-corrected chi connectivity index (χ4v) is 2.42. The molecule has 0 spiro atoms. The van der Waals surface area contributed by atoms with Gasteiger partial charge >= 0.3 is 0 Å². The minimum absolute atomic E-state index is 0.0452. The number of nitrogens with one attached hydrogen (secondary N) is 1. The molecule has 0 atom stereocenters. The van der Waals surface area contributed by atoms with Crippen molar-refractivity contribution in [3.8, 4) is 17.3 Å². The zero-order valence-electron chi connectivity index (χ0n) is 14.9. The maximum atomic E-state index is 14.1. The average Bonchev–Trinajstić information content (AvgIpc) is 2.69. The van der Waals surface area contributed by atoms with E-state index in [2.05, 4.69) is 10.4 Å². The number of anilines is 1. The van der Waals surface area contributed by atoms with Crippen LogP contribution in [0.15, 0.2) is 53.3 Å². The number of hydrogen-bond acceptors (Lipinski definition) is 5. The highest BCUT2D eigenvalue weighted by Gasteiger charge is 2.18. The molecule has 3 aromatic rings. The smallest absolute Gasteiger partial charge is 0.280 e. The van der Waals surface area contributed by atoms with E-state index in [1.54, 1.807) is 0 Å². The highest BCUT2D eigenvalue weighted by molar-refractivity contribution is 6.02. The van der Waals surface area contributed by atoms with Gasteiger partial charge < -0.3 is 14.8 Å². The molecule has 9 heteroatoms. The molecule has 3 rings (SSSR count). The average molecular weight is 387 g/mol. The number of nitrogens with zero attached hydrogens (tertiary/aromatic N) is 2. The van der Waals surface area contributed by atoms with Gasteiger partial charge in [0.1, 0.15) is 17.4 Å². The van der Waals surface area contributed by atoms with Gasteiger partial charge in [0.25, 0.3) is 5.91 Å². The third kappa shape index (κ3) is 3.83. The molecule has 2 aromatic carbocycles. The Labute approximate surface area is 158 Å². The van der Waals surface area contributed by atoms with E-state index in [4.69, 9.17) is 9.47 Å². The van der Waals surface area contributed by atoms with Gasteiger partial charge in [0.15, 0.2) is 5.69 Å². The minimum Gasteiger partial charge on any atom is -0.497 e. The molecule has 0 aliphatic carbocycles. The second-order valence-electron chi connectivity index (χ2n) is 5.59. The Morgan fingerprint density at radius 2 is 1.75 bits per heavy atom. The van der Waals surface area contributed by atoms with Crippen LogP contribution in [0.1, 0.15) is 10.5 Å². The number of aromatic nitrogens is 2. The molecule has 0 radical (unpaired) electrons. The predicted octanol–water partition coefficient (Wildman–Crippen LogP) is 2.78. The molecule has 0 aliphatic heterocycles. The molecule has 1 N–H and O–H groups in total. The lowest BCUT2D eigenvalue weighted by Gasteiger charge is -2.13. The number of carbonyl (C=O) groups excluding carboxylic acids is 1. The maximum absolute atomic E-state index is 14.1. The summed E-state index contributed by atoms with van der Waals surface area (Å²) in [7, 11) is 2.70. The number of benzene rings is 2. The molecule has 1 heterocycles. The van der Waals surface area contributed by atoms with Crippen molar-refractivity contribution in [2.75, 3.05) is 19.5 Å². The summed E-state index contributed by atoms with van der Waals surface area (Å²) in [4.78, 5) is 24.8. The summed E-state index contributed by atoms with van der Waals surface area (Å²) in [5.74, 6) is -1.79. The van der Waals surface area contributed by atoms with E-state index in [0.717, 1.165) is 12.1 Å². The van der Waals surface area contributed by atoms with Crippen molar-refractivity contribution in [3.63, 3.8) is 0 Å². The molecule has 1 amide bonds. The Kier molecular flexibility index (Phi) is 5.35. The summed E-state index contributed by atoms with van der Waals surface area (Å²) in [5, 5.41) is 6.30. The van der Waals surface area contributed by atoms with Gasteiger partial charge in [0.2, 0.25) is 11.3 Å². The van der Waals surface area contributed by atoms with E-state index < -0.39 is 28.7 Å². The second kappa shape index (κ2) is 7.87. The van der Waals surface area contributed by atoms with Crippen LogP contribution in [0.4, 0.5) is 14.5 Å².